The zero-order valence-electron chi connectivity index (χ0n) is 8.75. The normalized spacial score (nSPS) is 17.7. The molecule has 1 fully saturated rings. The average molecular weight is 225 g/mol. The maximum atomic E-state index is 5.94. The summed E-state index contributed by atoms with van der Waals surface area (Å²) in [4.78, 5) is 0. The van der Waals surface area contributed by atoms with E-state index in [2.05, 4.69) is 11.5 Å². The Hall–Kier alpha value is -0.570. The van der Waals surface area contributed by atoms with Gasteiger partial charge in [-0.25, -0.2) is 0 Å². The molecule has 0 spiro atoms. The molecule has 1 aromatic carbocycles. The molecule has 3 N–H and O–H groups in total. The zero-order chi connectivity index (χ0) is 10.7. The highest BCUT2D eigenvalue weighted by Crippen LogP contribution is 2.34. The molecule has 82 valence electrons. The zero-order valence-corrected chi connectivity index (χ0v) is 9.50. The van der Waals surface area contributed by atoms with Gasteiger partial charge in [0, 0.05) is 11.1 Å². The van der Waals surface area contributed by atoms with Gasteiger partial charge in [-0.3, -0.25) is 11.3 Å². The lowest BCUT2D eigenvalue weighted by Crippen LogP contribution is -2.37. The number of hydrogen-bond acceptors (Lipinski definition) is 2. The molecule has 1 aliphatic carbocycles. The first-order valence-electron chi connectivity index (χ1n) is 5.48. The van der Waals surface area contributed by atoms with Crippen molar-refractivity contribution in [2.45, 2.75) is 31.7 Å². The van der Waals surface area contributed by atoms with Crippen molar-refractivity contribution in [3.05, 3.63) is 34.9 Å². The summed E-state index contributed by atoms with van der Waals surface area (Å²) >= 11 is 5.94. The molecule has 1 saturated carbocycles. The quantitative estimate of drug-likeness (QED) is 0.596. The highest BCUT2D eigenvalue weighted by molar-refractivity contribution is 6.30. The maximum Gasteiger partial charge on any atom is 0.0408 e. The maximum absolute atomic E-state index is 5.94. The highest BCUT2D eigenvalue weighted by Gasteiger charge is 2.24. The predicted octanol–water partition coefficient (Wildman–Crippen LogP) is 2.51. The van der Waals surface area contributed by atoms with Gasteiger partial charge in [-0.05, 0) is 36.5 Å². The molecular formula is C12H17ClN2. The Morgan fingerprint density at radius 1 is 1.47 bits per heavy atom. The van der Waals surface area contributed by atoms with Crippen LogP contribution >= 0.6 is 11.6 Å². The molecule has 2 rings (SSSR count). The van der Waals surface area contributed by atoms with E-state index in [-0.39, 0.29) is 0 Å². The van der Waals surface area contributed by atoms with E-state index in [1.165, 1.54) is 24.8 Å². The van der Waals surface area contributed by atoms with Crippen LogP contribution in [0.15, 0.2) is 24.3 Å². The lowest BCUT2D eigenvalue weighted by Gasteiger charge is -2.15. The van der Waals surface area contributed by atoms with Crippen LogP contribution in [0.2, 0.25) is 5.02 Å². The number of rotatable bonds is 5. The van der Waals surface area contributed by atoms with Crippen molar-refractivity contribution in [3.63, 3.8) is 0 Å². The Labute approximate surface area is 95.8 Å². The number of nitrogens with two attached hydrogens (primary N) is 1. The Balaban J connectivity index is 1.92. The first-order chi connectivity index (χ1) is 7.28. The third-order valence-corrected chi connectivity index (χ3v) is 3.16. The minimum absolute atomic E-state index is 0.385. The molecule has 0 saturated heterocycles. The van der Waals surface area contributed by atoms with Crippen LogP contribution < -0.4 is 11.3 Å². The fourth-order valence-electron chi connectivity index (χ4n) is 1.91. The predicted molar refractivity (Wildman–Crippen MR) is 63.6 cm³/mol. The molecule has 2 nitrogen and oxygen atoms in total. The molecule has 15 heavy (non-hydrogen) atoms. The summed E-state index contributed by atoms with van der Waals surface area (Å²) in [6, 6.07) is 8.39. The summed E-state index contributed by atoms with van der Waals surface area (Å²) in [5, 5.41) is 0.801. The van der Waals surface area contributed by atoms with E-state index >= 15 is 0 Å². The summed E-state index contributed by atoms with van der Waals surface area (Å²) in [6.45, 7) is 0. The molecule has 0 radical (unpaired) electrons. The lowest BCUT2D eigenvalue weighted by molar-refractivity contribution is 0.466. The van der Waals surface area contributed by atoms with Crippen LogP contribution in [0, 0.1) is 5.92 Å². The molecule has 0 aliphatic heterocycles. The minimum atomic E-state index is 0.385. The average Bonchev–Trinajstić information content (AvgIpc) is 3.01. The van der Waals surface area contributed by atoms with E-state index in [9.17, 15) is 0 Å². The lowest BCUT2D eigenvalue weighted by atomic mass is 10.0. The molecule has 0 bridgehead atoms. The van der Waals surface area contributed by atoms with Crippen molar-refractivity contribution in [1.29, 1.82) is 0 Å². The molecular weight excluding hydrogens is 208 g/mol. The smallest absolute Gasteiger partial charge is 0.0408 e. The third kappa shape index (κ3) is 3.49. The topological polar surface area (TPSA) is 38.0 Å². The van der Waals surface area contributed by atoms with E-state index in [0.717, 1.165) is 17.4 Å². The van der Waals surface area contributed by atoms with E-state index in [1.807, 2.05) is 18.2 Å². The molecule has 1 atom stereocenters. The third-order valence-electron chi connectivity index (χ3n) is 2.92. The second-order valence-electron chi connectivity index (χ2n) is 4.38. The van der Waals surface area contributed by atoms with Crippen LogP contribution in [0.4, 0.5) is 0 Å². The molecule has 0 aromatic heterocycles. The SMILES string of the molecule is NNC(Cc1cccc(Cl)c1)CC1CC1. The summed E-state index contributed by atoms with van der Waals surface area (Å²) in [5.74, 6) is 6.45. The summed E-state index contributed by atoms with van der Waals surface area (Å²) in [7, 11) is 0. The summed E-state index contributed by atoms with van der Waals surface area (Å²) < 4.78 is 0. The van der Waals surface area contributed by atoms with Gasteiger partial charge >= 0.3 is 0 Å². The van der Waals surface area contributed by atoms with Crippen LogP contribution in [0.1, 0.15) is 24.8 Å². The Bertz CT molecular complexity index is 323. The van der Waals surface area contributed by atoms with Crippen LogP contribution in [0.5, 0.6) is 0 Å². The van der Waals surface area contributed by atoms with E-state index < -0.39 is 0 Å². The van der Waals surface area contributed by atoms with Crippen molar-refractivity contribution < 1.29 is 0 Å². The Kier molecular flexibility index (Phi) is 3.62. The fourth-order valence-corrected chi connectivity index (χ4v) is 2.13. The molecule has 1 aromatic rings. The standard InChI is InChI=1S/C12H17ClN2/c13-11-3-1-2-10(6-11)8-12(15-14)7-9-4-5-9/h1-3,6,9,12,15H,4-5,7-8,14H2. The van der Waals surface area contributed by atoms with Crippen molar-refractivity contribution in [3.8, 4) is 0 Å². The first kappa shape index (κ1) is 10.9. The van der Waals surface area contributed by atoms with Gasteiger partial charge in [0.05, 0.1) is 0 Å². The fraction of sp³-hybridized carbons (Fsp3) is 0.500. The van der Waals surface area contributed by atoms with Crippen molar-refractivity contribution in [2.75, 3.05) is 0 Å². The molecule has 1 aliphatic rings. The number of hydrogen-bond donors (Lipinski definition) is 2. The first-order valence-corrected chi connectivity index (χ1v) is 5.86. The van der Waals surface area contributed by atoms with Gasteiger partial charge in [-0.2, -0.15) is 0 Å². The summed E-state index contributed by atoms with van der Waals surface area (Å²) in [6.07, 6.45) is 4.89. The van der Waals surface area contributed by atoms with Gasteiger partial charge in [-0.1, -0.05) is 36.6 Å². The van der Waals surface area contributed by atoms with E-state index in [1.54, 1.807) is 0 Å². The summed E-state index contributed by atoms with van der Waals surface area (Å²) in [5.41, 5.74) is 4.15. The second-order valence-corrected chi connectivity index (χ2v) is 4.81. The number of hydrazine groups is 1. The largest absolute Gasteiger partial charge is 0.271 e. The van der Waals surface area contributed by atoms with Crippen LogP contribution in [0.25, 0.3) is 0 Å². The molecule has 3 heteroatoms. The van der Waals surface area contributed by atoms with Crippen LogP contribution in [-0.4, -0.2) is 6.04 Å². The molecule has 0 amide bonds. The van der Waals surface area contributed by atoms with Crippen LogP contribution in [-0.2, 0) is 6.42 Å². The van der Waals surface area contributed by atoms with E-state index in [0.29, 0.717) is 6.04 Å². The second kappa shape index (κ2) is 4.97. The highest BCUT2D eigenvalue weighted by atomic mass is 35.5. The Morgan fingerprint density at radius 3 is 2.87 bits per heavy atom. The van der Waals surface area contributed by atoms with Gasteiger partial charge in [0.2, 0.25) is 0 Å². The number of nitrogens with one attached hydrogen (secondary N) is 1. The molecule has 1 unspecified atom stereocenters. The molecule has 0 heterocycles. The number of halogens is 1. The van der Waals surface area contributed by atoms with Crippen molar-refractivity contribution >= 4 is 11.6 Å². The van der Waals surface area contributed by atoms with Crippen molar-refractivity contribution in [1.82, 2.24) is 5.43 Å². The van der Waals surface area contributed by atoms with Gasteiger partial charge in [-0.15, -0.1) is 0 Å². The van der Waals surface area contributed by atoms with Gasteiger partial charge in [0.15, 0.2) is 0 Å². The monoisotopic (exact) mass is 224 g/mol. The van der Waals surface area contributed by atoms with Gasteiger partial charge in [0.25, 0.3) is 0 Å². The van der Waals surface area contributed by atoms with Gasteiger partial charge in [0.1, 0.15) is 0 Å². The Morgan fingerprint density at radius 2 is 2.27 bits per heavy atom. The van der Waals surface area contributed by atoms with Gasteiger partial charge < -0.3 is 0 Å². The minimum Gasteiger partial charge on any atom is -0.271 e. The van der Waals surface area contributed by atoms with E-state index in [4.69, 9.17) is 17.4 Å². The van der Waals surface area contributed by atoms with Crippen molar-refractivity contribution in [2.24, 2.45) is 11.8 Å². The van der Waals surface area contributed by atoms with Crippen LogP contribution in [0.3, 0.4) is 0 Å². The number of benzene rings is 1.